The Morgan fingerprint density at radius 2 is 1.83 bits per heavy atom. The number of benzene rings is 1. The summed E-state index contributed by atoms with van der Waals surface area (Å²) < 4.78 is 0. The number of pyridine rings is 1. The maximum absolute atomic E-state index is 12.7. The van der Waals surface area contributed by atoms with Crippen molar-refractivity contribution in [1.82, 2.24) is 10.3 Å². The molecule has 1 aromatic carbocycles. The number of thiophene rings is 1. The molecule has 0 radical (unpaired) electrons. The molecule has 2 heterocycles. The van der Waals surface area contributed by atoms with Crippen molar-refractivity contribution in [2.45, 2.75) is 19.9 Å². The molecule has 0 bridgehead atoms. The van der Waals surface area contributed by atoms with Gasteiger partial charge in [0.05, 0.1) is 17.3 Å². The molecule has 1 amide bonds. The highest BCUT2D eigenvalue weighted by Gasteiger charge is 2.19. The van der Waals surface area contributed by atoms with Gasteiger partial charge in [-0.1, -0.05) is 23.7 Å². The molecule has 1 unspecified atom stereocenters. The first kappa shape index (κ1) is 16.7. The monoisotopic (exact) mass is 356 g/mol. The van der Waals surface area contributed by atoms with E-state index in [0.717, 1.165) is 22.5 Å². The first-order valence-corrected chi connectivity index (χ1v) is 8.89. The third-order valence-corrected chi connectivity index (χ3v) is 4.78. The van der Waals surface area contributed by atoms with Gasteiger partial charge < -0.3 is 5.32 Å². The normalized spacial score (nSPS) is 12.0. The molecule has 0 aliphatic carbocycles. The number of rotatable bonds is 4. The van der Waals surface area contributed by atoms with Crippen LogP contribution in [0.3, 0.4) is 0 Å². The highest BCUT2D eigenvalue weighted by molar-refractivity contribution is 7.08. The molecule has 0 spiro atoms. The Hall–Kier alpha value is -2.17. The standard InChI is InChI=1S/C19H17ClN2OS/c1-12-3-8-17(13(2)21-12)19(23)22-18(15-9-10-24-11-15)14-4-6-16(20)7-5-14/h3-11,18H,1-2H3,(H,22,23). The predicted octanol–water partition coefficient (Wildman–Crippen LogP) is 4.93. The van der Waals surface area contributed by atoms with Crippen molar-refractivity contribution in [1.29, 1.82) is 0 Å². The van der Waals surface area contributed by atoms with E-state index < -0.39 is 0 Å². The summed E-state index contributed by atoms with van der Waals surface area (Å²) in [6, 6.07) is 13.0. The summed E-state index contributed by atoms with van der Waals surface area (Å²) in [5.74, 6) is -0.133. The largest absolute Gasteiger partial charge is 0.341 e. The van der Waals surface area contributed by atoms with Crippen molar-refractivity contribution < 1.29 is 4.79 Å². The van der Waals surface area contributed by atoms with Gasteiger partial charge in [-0.25, -0.2) is 0 Å². The third kappa shape index (κ3) is 3.66. The van der Waals surface area contributed by atoms with Crippen LogP contribution in [0.5, 0.6) is 0 Å². The third-order valence-electron chi connectivity index (χ3n) is 3.82. The second-order valence-corrected chi connectivity index (χ2v) is 6.82. The smallest absolute Gasteiger partial charge is 0.253 e. The fourth-order valence-electron chi connectivity index (χ4n) is 2.59. The van der Waals surface area contributed by atoms with E-state index in [1.54, 1.807) is 11.3 Å². The van der Waals surface area contributed by atoms with Crippen LogP contribution in [-0.4, -0.2) is 10.9 Å². The van der Waals surface area contributed by atoms with E-state index in [9.17, 15) is 4.79 Å². The molecule has 24 heavy (non-hydrogen) atoms. The van der Waals surface area contributed by atoms with Gasteiger partial charge in [0.25, 0.3) is 5.91 Å². The van der Waals surface area contributed by atoms with Gasteiger partial charge >= 0.3 is 0 Å². The van der Waals surface area contributed by atoms with Crippen LogP contribution in [0.15, 0.2) is 53.2 Å². The molecule has 3 nitrogen and oxygen atoms in total. The number of nitrogens with one attached hydrogen (secondary N) is 1. The summed E-state index contributed by atoms with van der Waals surface area (Å²) in [5, 5.41) is 7.83. The van der Waals surface area contributed by atoms with Gasteiger partial charge in [-0.15, -0.1) is 0 Å². The van der Waals surface area contributed by atoms with Crippen molar-refractivity contribution in [3.05, 3.63) is 86.3 Å². The first-order valence-electron chi connectivity index (χ1n) is 7.57. The van der Waals surface area contributed by atoms with Gasteiger partial charge in [0.2, 0.25) is 0 Å². The van der Waals surface area contributed by atoms with Crippen LogP contribution in [0.4, 0.5) is 0 Å². The maximum atomic E-state index is 12.7. The van der Waals surface area contributed by atoms with Gasteiger partial charge in [0.15, 0.2) is 0 Å². The number of carbonyl (C=O) groups excluding carboxylic acids is 1. The fraction of sp³-hybridized carbons (Fsp3) is 0.158. The molecule has 0 fully saturated rings. The summed E-state index contributed by atoms with van der Waals surface area (Å²) in [6.45, 7) is 3.76. The molecule has 1 N–H and O–H groups in total. The van der Waals surface area contributed by atoms with Crippen molar-refractivity contribution in [2.75, 3.05) is 0 Å². The van der Waals surface area contributed by atoms with Crippen molar-refractivity contribution in [3.8, 4) is 0 Å². The van der Waals surface area contributed by atoms with E-state index in [0.29, 0.717) is 10.6 Å². The van der Waals surface area contributed by atoms with Gasteiger partial charge in [-0.3, -0.25) is 9.78 Å². The fourth-order valence-corrected chi connectivity index (χ4v) is 3.40. The van der Waals surface area contributed by atoms with Gasteiger partial charge in [-0.2, -0.15) is 11.3 Å². The Morgan fingerprint density at radius 3 is 2.46 bits per heavy atom. The number of nitrogens with zero attached hydrogens (tertiary/aromatic N) is 1. The minimum absolute atomic E-state index is 0.133. The molecule has 0 saturated heterocycles. The molecule has 0 aliphatic heterocycles. The van der Waals surface area contributed by atoms with Crippen LogP contribution in [0.25, 0.3) is 0 Å². The summed E-state index contributed by atoms with van der Waals surface area (Å²) >= 11 is 7.59. The summed E-state index contributed by atoms with van der Waals surface area (Å²) in [4.78, 5) is 17.1. The second kappa shape index (κ2) is 7.16. The van der Waals surface area contributed by atoms with Crippen LogP contribution in [0.1, 0.15) is 38.9 Å². The van der Waals surface area contributed by atoms with E-state index in [-0.39, 0.29) is 11.9 Å². The Bertz CT molecular complexity index is 844. The van der Waals surface area contributed by atoms with Crippen molar-refractivity contribution in [3.63, 3.8) is 0 Å². The molecule has 0 saturated carbocycles. The van der Waals surface area contributed by atoms with Crippen molar-refractivity contribution in [2.24, 2.45) is 0 Å². The van der Waals surface area contributed by atoms with Gasteiger partial charge in [0, 0.05) is 10.7 Å². The highest BCUT2D eigenvalue weighted by atomic mass is 35.5. The van der Waals surface area contributed by atoms with E-state index in [1.807, 2.05) is 67.1 Å². The van der Waals surface area contributed by atoms with E-state index in [2.05, 4.69) is 10.3 Å². The van der Waals surface area contributed by atoms with Gasteiger partial charge in [0.1, 0.15) is 0 Å². The van der Waals surface area contributed by atoms with E-state index in [1.165, 1.54) is 0 Å². The van der Waals surface area contributed by atoms with E-state index >= 15 is 0 Å². The van der Waals surface area contributed by atoms with Crippen LogP contribution >= 0.6 is 22.9 Å². The molecule has 122 valence electrons. The van der Waals surface area contributed by atoms with Crippen LogP contribution in [-0.2, 0) is 0 Å². The van der Waals surface area contributed by atoms with E-state index in [4.69, 9.17) is 11.6 Å². The number of aryl methyl sites for hydroxylation is 2. The minimum atomic E-state index is -0.221. The average molecular weight is 357 g/mol. The predicted molar refractivity (Wildman–Crippen MR) is 98.8 cm³/mol. The second-order valence-electron chi connectivity index (χ2n) is 5.60. The lowest BCUT2D eigenvalue weighted by molar-refractivity contribution is 0.0942. The number of halogens is 1. The molecule has 3 aromatic rings. The molecular formula is C19H17ClN2OS. The number of carbonyl (C=O) groups is 1. The summed E-state index contributed by atoms with van der Waals surface area (Å²) in [7, 11) is 0. The maximum Gasteiger partial charge on any atom is 0.253 e. The zero-order chi connectivity index (χ0) is 17.1. The Balaban J connectivity index is 1.92. The SMILES string of the molecule is Cc1ccc(C(=O)NC(c2ccc(Cl)cc2)c2ccsc2)c(C)n1. The molecule has 5 heteroatoms. The quantitative estimate of drug-likeness (QED) is 0.720. The lowest BCUT2D eigenvalue weighted by Gasteiger charge is -2.19. The Morgan fingerprint density at radius 1 is 1.08 bits per heavy atom. The summed E-state index contributed by atoms with van der Waals surface area (Å²) in [5.41, 5.74) is 4.26. The molecule has 0 aliphatic rings. The lowest BCUT2D eigenvalue weighted by Crippen LogP contribution is -2.29. The highest BCUT2D eigenvalue weighted by Crippen LogP contribution is 2.26. The molecule has 3 rings (SSSR count). The van der Waals surface area contributed by atoms with Crippen LogP contribution < -0.4 is 5.32 Å². The number of hydrogen-bond acceptors (Lipinski definition) is 3. The number of aromatic nitrogens is 1. The lowest BCUT2D eigenvalue weighted by atomic mass is 10.0. The minimum Gasteiger partial charge on any atom is -0.341 e. The van der Waals surface area contributed by atoms with Crippen molar-refractivity contribution >= 4 is 28.8 Å². The zero-order valence-corrected chi connectivity index (χ0v) is 15.0. The topological polar surface area (TPSA) is 42.0 Å². The van der Waals surface area contributed by atoms with Crippen LogP contribution in [0.2, 0.25) is 5.02 Å². The molecular weight excluding hydrogens is 340 g/mol. The summed E-state index contributed by atoms with van der Waals surface area (Å²) in [6.07, 6.45) is 0. The number of amides is 1. The molecule has 1 atom stereocenters. The average Bonchev–Trinajstić information content (AvgIpc) is 3.07. The molecule has 2 aromatic heterocycles. The number of hydrogen-bond donors (Lipinski definition) is 1. The van der Waals surface area contributed by atoms with Crippen LogP contribution in [0, 0.1) is 13.8 Å². The zero-order valence-electron chi connectivity index (χ0n) is 13.4. The Kier molecular flexibility index (Phi) is 4.97. The van der Waals surface area contributed by atoms with Gasteiger partial charge in [-0.05, 0) is 66.1 Å². The Labute approximate surface area is 150 Å². The first-order chi connectivity index (χ1) is 11.5.